The number of nitrogens with two attached hydrogens (primary N) is 1. The second kappa shape index (κ2) is 10.6. The number of allylic oxidation sites excluding steroid dienone is 1. The number of aromatic nitrogens is 4. The minimum absolute atomic E-state index is 0.204. The lowest BCUT2D eigenvalue weighted by Gasteiger charge is -2.17. The summed E-state index contributed by atoms with van der Waals surface area (Å²) >= 11 is 0. The summed E-state index contributed by atoms with van der Waals surface area (Å²) < 4.78 is 1.65. The Labute approximate surface area is 204 Å². The third-order valence-corrected chi connectivity index (χ3v) is 6.35. The molecule has 4 atom stereocenters. The van der Waals surface area contributed by atoms with E-state index in [0.29, 0.717) is 23.6 Å². The van der Waals surface area contributed by atoms with Gasteiger partial charge < -0.3 is 31.2 Å². The van der Waals surface area contributed by atoms with Gasteiger partial charge in [0, 0.05) is 64.1 Å². The summed E-state index contributed by atoms with van der Waals surface area (Å²) in [7, 11) is 3.23. The van der Waals surface area contributed by atoms with Gasteiger partial charge >= 0.3 is 0 Å². The van der Waals surface area contributed by atoms with E-state index in [1.807, 2.05) is 0 Å². The third kappa shape index (κ3) is 5.65. The van der Waals surface area contributed by atoms with Crippen LogP contribution in [-0.2, 0) is 11.3 Å². The topological polar surface area (TPSA) is 155 Å². The molecule has 5 N–H and O–H groups in total. The molecule has 1 saturated carbocycles. The van der Waals surface area contributed by atoms with Crippen LogP contribution in [0.4, 0.5) is 11.8 Å². The first-order valence-corrected chi connectivity index (χ1v) is 11.7. The molecular formula is C23H32N10O2. The highest BCUT2D eigenvalue weighted by atomic mass is 16.2. The highest BCUT2D eigenvalue weighted by Crippen LogP contribution is 2.45. The van der Waals surface area contributed by atoms with Crippen LogP contribution >= 0.6 is 0 Å². The summed E-state index contributed by atoms with van der Waals surface area (Å²) in [6.45, 7) is 4.15. The first-order chi connectivity index (χ1) is 16.9. The zero-order valence-corrected chi connectivity index (χ0v) is 20.2. The first kappa shape index (κ1) is 24.3. The van der Waals surface area contributed by atoms with Crippen molar-refractivity contribution in [2.75, 3.05) is 37.4 Å². The maximum Gasteiger partial charge on any atom is 0.271 e. The zero-order valence-electron chi connectivity index (χ0n) is 20.2. The quantitative estimate of drug-likeness (QED) is 0.359. The fourth-order valence-electron chi connectivity index (χ4n) is 4.19. The Morgan fingerprint density at radius 1 is 1.23 bits per heavy atom. The molecule has 3 heterocycles. The number of hydrogen-bond acceptors (Lipinski definition) is 9. The number of rotatable bonds is 10. The van der Waals surface area contributed by atoms with Crippen LogP contribution in [0.5, 0.6) is 0 Å². The number of imidazole rings is 1. The molecule has 2 fully saturated rings. The maximum absolute atomic E-state index is 12.5. The van der Waals surface area contributed by atoms with Crippen LogP contribution in [0, 0.1) is 17.8 Å². The molecule has 12 nitrogen and oxygen atoms in total. The summed E-state index contributed by atoms with van der Waals surface area (Å²) in [5, 5.41) is 8.18. The lowest BCUT2D eigenvalue weighted by atomic mass is 10.1. The second-order valence-corrected chi connectivity index (χ2v) is 8.91. The maximum atomic E-state index is 12.5. The van der Waals surface area contributed by atoms with E-state index in [4.69, 9.17) is 5.73 Å². The predicted octanol–water partition coefficient (Wildman–Crippen LogP) is 0.525. The van der Waals surface area contributed by atoms with Crippen LogP contribution in [-0.4, -0.2) is 64.7 Å². The molecule has 35 heavy (non-hydrogen) atoms. The number of anilines is 2. The smallest absolute Gasteiger partial charge is 0.271 e. The number of nitrogens with one attached hydrogen (secondary N) is 3. The molecule has 12 heteroatoms. The van der Waals surface area contributed by atoms with E-state index in [1.54, 1.807) is 44.1 Å². The summed E-state index contributed by atoms with van der Waals surface area (Å²) in [5.41, 5.74) is 7.20. The van der Waals surface area contributed by atoms with E-state index < -0.39 is 12.1 Å². The van der Waals surface area contributed by atoms with Gasteiger partial charge in [-0.15, -0.1) is 0 Å². The average Bonchev–Trinajstić information content (AvgIpc) is 3.28. The molecule has 2 aliphatic rings. The van der Waals surface area contributed by atoms with Crippen molar-refractivity contribution in [1.29, 1.82) is 0 Å². The molecule has 2 aromatic rings. The van der Waals surface area contributed by atoms with Crippen molar-refractivity contribution < 1.29 is 9.59 Å². The van der Waals surface area contributed by atoms with Crippen LogP contribution in [0.25, 0.3) is 0 Å². The fourth-order valence-corrected chi connectivity index (χ4v) is 4.19. The highest BCUT2D eigenvalue weighted by Gasteiger charge is 2.45. The third-order valence-electron chi connectivity index (χ3n) is 6.35. The number of aliphatic imine (C=N–C) groups is 1. The molecule has 2 amide bonds. The van der Waals surface area contributed by atoms with E-state index in [2.05, 4.69) is 40.8 Å². The molecule has 1 aliphatic heterocycles. The Hall–Kier alpha value is -3.80. The predicted molar refractivity (Wildman–Crippen MR) is 133 cm³/mol. The second-order valence-electron chi connectivity index (χ2n) is 8.91. The van der Waals surface area contributed by atoms with E-state index in [9.17, 15) is 9.59 Å². The lowest BCUT2D eigenvalue weighted by molar-refractivity contribution is -0.123. The van der Waals surface area contributed by atoms with Gasteiger partial charge in [0.25, 0.3) is 5.91 Å². The number of hydrogen-bond donors (Lipinski definition) is 4. The van der Waals surface area contributed by atoms with Crippen molar-refractivity contribution in [3.05, 3.63) is 42.3 Å². The van der Waals surface area contributed by atoms with Gasteiger partial charge in [-0.1, -0.05) is 6.92 Å². The SMILES string of the molecule is CNC(=O)c1c(NC)ncn1CC(C)C(=O)NC=CC=NC(N)c1cnc(N2CC3CC3C2)nc1. The molecule has 0 aromatic carbocycles. The van der Waals surface area contributed by atoms with Crippen LogP contribution in [0.1, 0.15) is 35.6 Å². The van der Waals surface area contributed by atoms with E-state index in [1.165, 1.54) is 25.2 Å². The van der Waals surface area contributed by atoms with Crippen molar-refractivity contribution in [2.45, 2.75) is 26.1 Å². The Morgan fingerprint density at radius 3 is 2.60 bits per heavy atom. The van der Waals surface area contributed by atoms with E-state index in [0.717, 1.165) is 30.9 Å². The first-order valence-electron chi connectivity index (χ1n) is 11.7. The van der Waals surface area contributed by atoms with Crippen molar-refractivity contribution in [3.8, 4) is 0 Å². The van der Waals surface area contributed by atoms with Gasteiger partial charge in [-0.05, 0) is 24.3 Å². The number of amides is 2. The van der Waals surface area contributed by atoms with Gasteiger partial charge in [0.1, 0.15) is 6.17 Å². The van der Waals surface area contributed by atoms with Crippen LogP contribution in [0.2, 0.25) is 0 Å². The van der Waals surface area contributed by atoms with Crippen molar-refractivity contribution in [1.82, 2.24) is 30.2 Å². The summed E-state index contributed by atoms with van der Waals surface area (Å²) in [4.78, 5) is 44.1. The van der Waals surface area contributed by atoms with Gasteiger partial charge in [-0.3, -0.25) is 14.6 Å². The van der Waals surface area contributed by atoms with Crippen molar-refractivity contribution in [3.63, 3.8) is 0 Å². The number of fused-ring (bicyclic) bond motifs is 1. The number of carbonyl (C=O) groups excluding carboxylic acids is 2. The van der Waals surface area contributed by atoms with Crippen LogP contribution in [0.3, 0.4) is 0 Å². The normalized spacial score (nSPS) is 20.6. The molecule has 4 rings (SSSR count). The standard InChI is InChI=1S/C23H32N10O2/c1-14(10-33-13-31-20(25-2)18(33)22(35)26-3)21(34)28-6-4-5-27-19(24)17-8-29-23(30-9-17)32-11-15-7-16(15)12-32/h4-6,8-9,13-16,19,25H,7,10-12,24H2,1-3H3,(H,26,35)(H,28,34). The molecule has 1 aliphatic carbocycles. The Kier molecular flexibility index (Phi) is 7.39. The van der Waals surface area contributed by atoms with Gasteiger partial charge in [0.2, 0.25) is 11.9 Å². The number of carbonyl (C=O) groups is 2. The summed E-state index contributed by atoms with van der Waals surface area (Å²) in [6, 6.07) is 0. The van der Waals surface area contributed by atoms with E-state index >= 15 is 0 Å². The highest BCUT2D eigenvalue weighted by molar-refractivity contribution is 5.97. The number of piperidine rings is 1. The minimum atomic E-state index is -0.596. The zero-order chi connectivity index (χ0) is 24.9. The molecule has 2 aromatic heterocycles. The van der Waals surface area contributed by atoms with Gasteiger partial charge in [-0.25, -0.2) is 15.0 Å². The minimum Gasteiger partial charge on any atom is -0.371 e. The molecule has 4 unspecified atom stereocenters. The van der Waals surface area contributed by atoms with E-state index in [-0.39, 0.29) is 11.8 Å². The largest absolute Gasteiger partial charge is 0.371 e. The summed E-state index contributed by atoms with van der Waals surface area (Å²) in [5.74, 6) is 1.95. The monoisotopic (exact) mass is 480 g/mol. The molecule has 0 bridgehead atoms. The molecule has 0 radical (unpaired) electrons. The van der Waals surface area contributed by atoms with Gasteiger partial charge in [-0.2, -0.15) is 0 Å². The van der Waals surface area contributed by atoms with Gasteiger partial charge in [0.05, 0.1) is 12.2 Å². The Bertz CT molecular complexity index is 1100. The molecule has 186 valence electrons. The molecular weight excluding hydrogens is 448 g/mol. The van der Waals surface area contributed by atoms with Crippen LogP contribution in [0.15, 0.2) is 36.0 Å². The van der Waals surface area contributed by atoms with Crippen LogP contribution < -0.4 is 26.6 Å². The van der Waals surface area contributed by atoms with Crippen molar-refractivity contribution in [2.24, 2.45) is 28.5 Å². The Balaban J connectivity index is 1.24. The Morgan fingerprint density at radius 2 is 1.94 bits per heavy atom. The average molecular weight is 481 g/mol. The van der Waals surface area contributed by atoms with Gasteiger partial charge in [0.15, 0.2) is 11.5 Å². The van der Waals surface area contributed by atoms with Crippen molar-refractivity contribution >= 4 is 29.8 Å². The lowest BCUT2D eigenvalue weighted by Crippen LogP contribution is -2.30. The fraction of sp³-hybridized carbons (Fsp3) is 0.478. The molecule has 0 spiro atoms. The number of nitrogens with zero attached hydrogens (tertiary/aromatic N) is 6. The summed E-state index contributed by atoms with van der Waals surface area (Å²) in [6.07, 6.45) is 10.3. The molecule has 1 saturated heterocycles.